The molecular formula is C5H16NSi2. The maximum atomic E-state index is 3.62. The highest BCUT2D eigenvalue weighted by atomic mass is 28.4. The second kappa shape index (κ2) is 2.80. The molecule has 0 unspecified atom stereocenters. The first kappa shape index (κ1) is 8.39. The normalized spacial score (nSPS) is 12.8. The van der Waals surface area contributed by atoms with Crippen molar-refractivity contribution in [3.63, 3.8) is 0 Å². The van der Waals surface area contributed by atoms with Crippen LogP contribution in [0, 0.1) is 0 Å². The van der Waals surface area contributed by atoms with Gasteiger partial charge in [-0.2, -0.15) is 0 Å². The molecule has 0 heterocycles. The highest BCUT2D eigenvalue weighted by Crippen LogP contribution is 1.94. The third-order valence-electron chi connectivity index (χ3n) is 0.625. The summed E-state index contributed by atoms with van der Waals surface area (Å²) in [6.07, 6.45) is 0. The Labute approximate surface area is 55.3 Å². The summed E-state index contributed by atoms with van der Waals surface area (Å²) >= 11 is 0. The lowest BCUT2D eigenvalue weighted by Crippen LogP contribution is -2.47. The van der Waals surface area contributed by atoms with Gasteiger partial charge < -0.3 is 4.65 Å². The van der Waals surface area contributed by atoms with Crippen molar-refractivity contribution in [3.05, 3.63) is 0 Å². The maximum Gasteiger partial charge on any atom is 0.119 e. The summed E-state index contributed by atoms with van der Waals surface area (Å²) in [7, 11) is -1.11. The Morgan fingerprint density at radius 3 is 1.50 bits per heavy atom. The van der Waals surface area contributed by atoms with Crippen LogP contribution in [0.25, 0.3) is 0 Å². The van der Waals surface area contributed by atoms with E-state index < -0.39 is 8.24 Å². The maximum absolute atomic E-state index is 3.62. The Morgan fingerprint density at radius 1 is 1.12 bits per heavy atom. The molecule has 0 aromatic heterocycles. The number of nitrogens with one attached hydrogen (secondary N) is 1. The van der Waals surface area contributed by atoms with Crippen molar-refractivity contribution in [2.75, 3.05) is 0 Å². The van der Waals surface area contributed by atoms with Gasteiger partial charge in [0.2, 0.25) is 0 Å². The van der Waals surface area contributed by atoms with Crippen LogP contribution in [0.2, 0.25) is 32.7 Å². The zero-order chi connectivity index (χ0) is 6.78. The lowest BCUT2D eigenvalue weighted by Gasteiger charge is -2.19. The largest absolute Gasteiger partial charge is 0.361 e. The SMILES string of the molecule is C[Si](C)N[Si](C)(C)C. The molecule has 0 amide bonds. The van der Waals surface area contributed by atoms with Crippen LogP contribution in [0.1, 0.15) is 0 Å². The molecule has 1 radical (unpaired) electrons. The zero-order valence-corrected chi connectivity index (χ0v) is 8.50. The van der Waals surface area contributed by atoms with Crippen LogP contribution in [0.3, 0.4) is 0 Å². The van der Waals surface area contributed by atoms with Gasteiger partial charge in [0.25, 0.3) is 0 Å². The number of hydrogen-bond acceptors (Lipinski definition) is 1. The lowest BCUT2D eigenvalue weighted by molar-refractivity contribution is 1.36. The molecule has 0 aliphatic heterocycles. The summed E-state index contributed by atoms with van der Waals surface area (Å²) < 4.78 is 3.62. The summed E-state index contributed by atoms with van der Waals surface area (Å²) in [6, 6.07) is 0. The number of rotatable bonds is 2. The average molecular weight is 146 g/mol. The molecule has 0 saturated heterocycles. The first-order valence-corrected chi connectivity index (χ1v) is 9.00. The van der Waals surface area contributed by atoms with Crippen LogP contribution in [0.15, 0.2) is 0 Å². The van der Waals surface area contributed by atoms with E-state index in [4.69, 9.17) is 0 Å². The predicted molar refractivity (Wildman–Crippen MR) is 44.0 cm³/mol. The van der Waals surface area contributed by atoms with Crippen LogP contribution >= 0.6 is 0 Å². The number of hydrogen-bond donors (Lipinski definition) is 1. The molecule has 0 aliphatic rings. The van der Waals surface area contributed by atoms with E-state index in [0.29, 0.717) is 0 Å². The lowest BCUT2D eigenvalue weighted by atomic mass is 11.8. The minimum Gasteiger partial charge on any atom is -0.361 e. The highest BCUT2D eigenvalue weighted by molar-refractivity contribution is 6.82. The molecule has 1 N–H and O–H groups in total. The summed E-state index contributed by atoms with van der Waals surface area (Å²) in [5.74, 6) is 0. The molecule has 3 heteroatoms. The molecule has 0 aromatic rings. The third kappa shape index (κ3) is 6.39. The monoisotopic (exact) mass is 146 g/mol. The molecule has 0 aliphatic carbocycles. The molecule has 0 rings (SSSR count). The molecule has 0 bridgehead atoms. The van der Waals surface area contributed by atoms with Crippen molar-refractivity contribution in [3.8, 4) is 0 Å². The predicted octanol–water partition coefficient (Wildman–Crippen LogP) is 1.66. The van der Waals surface area contributed by atoms with Crippen LogP contribution in [0.4, 0.5) is 0 Å². The molecule has 8 heavy (non-hydrogen) atoms. The van der Waals surface area contributed by atoms with Crippen molar-refractivity contribution in [2.24, 2.45) is 0 Å². The molecule has 49 valence electrons. The minimum atomic E-state index is -0.925. The molecule has 1 nitrogen and oxygen atoms in total. The smallest absolute Gasteiger partial charge is 0.119 e. The van der Waals surface area contributed by atoms with Gasteiger partial charge in [0, 0.05) is 0 Å². The summed E-state index contributed by atoms with van der Waals surface area (Å²) in [5.41, 5.74) is 0. The van der Waals surface area contributed by atoms with E-state index >= 15 is 0 Å². The van der Waals surface area contributed by atoms with Gasteiger partial charge in [-0.05, 0) is 0 Å². The van der Waals surface area contributed by atoms with Crippen LogP contribution in [-0.2, 0) is 0 Å². The summed E-state index contributed by atoms with van der Waals surface area (Å²) in [5, 5.41) is 0. The van der Waals surface area contributed by atoms with E-state index in [9.17, 15) is 0 Å². The zero-order valence-electron chi connectivity index (χ0n) is 6.50. The molecule has 0 fully saturated rings. The van der Waals surface area contributed by atoms with Crippen molar-refractivity contribution in [1.29, 1.82) is 0 Å². The Hall–Kier alpha value is 0.394. The van der Waals surface area contributed by atoms with Gasteiger partial charge in [-0.15, -0.1) is 0 Å². The molecule has 0 atom stereocenters. The van der Waals surface area contributed by atoms with Gasteiger partial charge in [-0.25, -0.2) is 0 Å². The summed E-state index contributed by atoms with van der Waals surface area (Å²) in [4.78, 5) is 0. The molecule has 0 spiro atoms. The van der Waals surface area contributed by atoms with Gasteiger partial charge in [-0.3, -0.25) is 0 Å². The van der Waals surface area contributed by atoms with Crippen molar-refractivity contribution >= 4 is 17.2 Å². The minimum absolute atomic E-state index is 0.180. The fourth-order valence-electron chi connectivity index (χ4n) is 0.750. The van der Waals surface area contributed by atoms with Crippen molar-refractivity contribution in [2.45, 2.75) is 32.7 Å². The van der Waals surface area contributed by atoms with E-state index in [2.05, 4.69) is 37.4 Å². The van der Waals surface area contributed by atoms with E-state index in [1.807, 2.05) is 0 Å². The quantitative estimate of drug-likeness (QED) is 0.584. The van der Waals surface area contributed by atoms with E-state index in [1.54, 1.807) is 0 Å². The van der Waals surface area contributed by atoms with E-state index in [0.717, 1.165) is 0 Å². The standard InChI is InChI=1S/C5H16NSi2/c1-7(2)6-8(3,4)5/h6H,1-5H3. The highest BCUT2D eigenvalue weighted by Gasteiger charge is 2.13. The second-order valence-corrected chi connectivity index (χ2v) is 10.9. The van der Waals surface area contributed by atoms with Gasteiger partial charge in [-0.1, -0.05) is 32.7 Å². The van der Waals surface area contributed by atoms with Crippen LogP contribution in [0.5, 0.6) is 0 Å². The Bertz CT molecular complexity index is 65.3. The first-order valence-electron chi connectivity index (χ1n) is 3.00. The van der Waals surface area contributed by atoms with Crippen molar-refractivity contribution in [1.82, 2.24) is 4.65 Å². The Morgan fingerprint density at radius 2 is 1.50 bits per heavy atom. The topological polar surface area (TPSA) is 12.0 Å². The summed E-state index contributed by atoms with van der Waals surface area (Å²) in [6.45, 7) is 11.6. The molecular weight excluding hydrogens is 130 g/mol. The first-order chi connectivity index (χ1) is 3.42. The van der Waals surface area contributed by atoms with Crippen molar-refractivity contribution < 1.29 is 0 Å². The van der Waals surface area contributed by atoms with Gasteiger partial charge in [0.1, 0.15) is 17.2 Å². The third-order valence-corrected chi connectivity index (χ3v) is 5.62. The van der Waals surface area contributed by atoms with Gasteiger partial charge in [0.05, 0.1) is 0 Å². The molecule has 0 aromatic carbocycles. The second-order valence-electron chi connectivity index (χ2n) is 3.38. The fraction of sp³-hybridized carbons (Fsp3) is 1.00. The Balaban J connectivity index is 3.39. The fourth-order valence-corrected chi connectivity index (χ4v) is 6.75. The Kier molecular flexibility index (Phi) is 2.94. The van der Waals surface area contributed by atoms with Gasteiger partial charge in [0.15, 0.2) is 0 Å². The van der Waals surface area contributed by atoms with Gasteiger partial charge >= 0.3 is 0 Å². The average Bonchev–Trinajstić information content (AvgIpc) is 1.21. The van der Waals surface area contributed by atoms with E-state index in [-0.39, 0.29) is 8.96 Å². The van der Waals surface area contributed by atoms with Crippen LogP contribution in [-0.4, -0.2) is 17.2 Å². The van der Waals surface area contributed by atoms with E-state index in [1.165, 1.54) is 0 Å². The van der Waals surface area contributed by atoms with Crippen LogP contribution < -0.4 is 4.65 Å². The molecule has 0 saturated carbocycles.